The zero-order valence-electron chi connectivity index (χ0n) is 18.7. The molecule has 0 bridgehead atoms. The third kappa shape index (κ3) is 3.96. The van der Waals surface area contributed by atoms with Crippen molar-refractivity contribution >= 4 is 5.91 Å². The minimum atomic E-state index is -2.71. The number of alkyl halides is 2. The lowest BCUT2D eigenvalue weighted by Gasteiger charge is -2.51. The Bertz CT molecular complexity index is 938. The maximum Gasteiger partial charge on any atom is 0.268 e. The number of hydrogen-bond acceptors (Lipinski definition) is 5. The lowest BCUT2D eigenvalue weighted by Crippen LogP contribution is -2.64. The van der Waals surface area contributed by atoms with E-state index >= 15 is 0 Å². The first-order valence-corrected chi connectivity index (χ1v) is 11.2. The monoisotopic (exact) mass is 447 g/mol. The van der Waals surface area contributed by atoms with E-state index in [1.165, 1.54) is 13.0 Å². The Balaban J connectivity index is 1.44. The van der Waals surface area contributed by atoms with Gasteiger partial charge in [-0.25, -0.2) is 8.78 Å². The average molecular weight is 448 g/mol. The summed E-state index contributed by atoms with van der Waals surface area (Å²) in [5.74, 6) is -2.30. The van der Waals surface area contributed by atoms with Gasteiger partial charge >= 0.3 is 0 Å². The summed E-state index contributed by atoms with van der Waals surface area (Å²) in [4.78, 5) is 16.7. The number of amides is 1. The van der Waals surface area contributed by atoms with Crippen LogP contribution in [0.15, 0.2) is 42.3 Å². The number of halogens is 2. The Labute approximate surface area is 187 Å². The number of carbonyl (C=O) groups is 1. The van der Waals surface area contributed by atoms with Crippen molar-refractivity contribution in [3.63, 3.8) is 0 Å². The van der Waals surface area contributed by atoms with Crippen LogP contribution in [0.5, 0.6) is 11.5 Å². The van der Waals surface area contributed by atoms with Crippen molar-refractivity contribution in [2.24, 2.45) is 0 Å². The van der Waals surface area contributed by atoms with Crippen LogP contribution in [0.3, 0.4) is 0 Å². The number of carbonyl (C=O) groups excluding carboxylic acids is 1. The maximum absolute atomic E-state index is 14.5. The molecule has 1 atom stereocenters. The molecular formula is C24H31F2N3O3. The second kappa shape index (κ2) is 8.39. The van der Waals surface area contributed by atoms with Crippen molar-refractivity contribution < 1.29 is 23.4 Å². The second-order valence-corrected chi connectivity index (χ2v) is 8.94. The third-order valence-corrected chi connectivity index (χ3v) is 6.88. The van der Waals surface area contributed by atoms with Gasteiger partial charge in [0, 0.05) is 43.9 Å². The minimum Gasteiger partial charge on any atom is -0.504 e. The number of rotatable bonds is 5. The highest BCUT2D eigenvalue weighted by Crippen LogP contribution is 2.44. The predicted octanol–water partition coefficient (Wildman–Crippen LogP) is 3.89. The first-order chi connectivity index (χ1) is 15.2. The molecule has 3 aliphatic heterocycles. The molecule has 32 heavy (non-hydrogen) atoms. The van der Waals surface area contributed by atoms with E-state index < -0.39 is 12.0 Å². The number of fused-ring (bicyclic) bond motifs is 2. The van der Waals surface area contributed by atoms with E-state index in [0.717, 1.165) is 5.70 Å². The highest BCUT2D eigenvalue weighted by molar-refractivity contribution is 5.95. The molecule has 1 aromatic rings. The Kier molecular flexibility index (Phi) is 5.92. The van der Waals surface area contributed by atoms with E-state index in [1.54, 1.807) is 24.0 Å². The van der Waals surface area contributed by atoms with E-state index in [-0.39, 0.29) is 29.4 Å². The van der Waals surface area contributed by atoms with Gasteiger partial charge in [-0.1, -0.05) is 19.6 Å². The van der Waals surface area contributed by atoms with Gasteiger partial charge in [0.2, 0.25) is 0 Å². The molecular weight excluding hydrogens is 416 g/mol. The first-order valence-electron chi connectivity index (χ1n) is 11.2. The Hall–Kier alpha value is -2.61. The fourth-order valence-corrected chi connectivity index (χ4v) is 5.16. The largest absolute Gasteiger partial charge is 0.504 e. The average Bonchev–Trinajstić information content (AvgIpc) is 3.22. The van der Waals surface area contributed by atoms with Crippen molar-refractivity contribution in [2.45, 2.75) is 57.0 Å². The van der Waals surface area contributed by atoms with Crippen LogP contribution in [-0.2, 0) is 0 Å². The van der Waals surface area contributed by atoms with Crippen LogP contribution in [0.4, 0.5) is 8.78 Å². The van der Waals surface area contributed by atoms with E-state index in [9.17, 15) is 18.7 Å². The topological polar surface area (TPSA) is 65.0 Å². The smallest absolute Gasteiger partial charge is 0.268 e. The van der Waals surface area contributed by atoms with Crippen LogP contribution >= 0.6 is 0 Å². The lowest BCUT2D eigenvalue weighted by atomic mass is 9.82. The van der Waals surface area contributed by atoms with Gasteiger partial charge in [0.15, 0.2) is 11.5 Å². The van der Waals surface area contributed by atoms with Crippen LogP contribution in [0.25, 0.3) is 0 Å². The molecule has 1 spiro atoms. The van der Waals surface area contributed by atoms with Crippen LogP contribution in [-0.4, -0.2) is 64.5 Å². The number of likely N-dealkylation sites (tertiary alicyclic amines) is 1. The van der Waals surface area contributed by atoms with E-state index in [2.05, 4.69) is 11.9 Å². The number of phenolic OH excluding ortho intramolecular Hbond substituents is 1. The summed E-state index contributed by atoms with van der Waals surface area (Å²) in [5.41, 5.74) is 0.982. The molecule has 2 saturated heterocycles. The van der Waals surface area contributed by atoms with E-state index in [1.807, 2.05) is 11.0 Å². The van der Waals surface area contributed by atoms with E-state index in [4.69, 9.17) is 4.74 Å². The Morgan fingerprint density at radius 2 is 2.06 bits per heavy atom. The molecule has 4 rings (SSSR count). The number of ether oxygens (including phenoxy) is 1. The molecule has 3 heterocycles. The number of piperazine rings is 1. The standard InChI is InChI=1S/C24H31F2N3O3/c1-4-24(25,26)21-8-7-20-23(27-11-14-29(20)21)9-12-28(13-10-23)22(31)17-5-6-19(18(30)15-17)32-16(2)3/h5-7,15,21,27,30H,2,4,8-14H2,1,3H3. The van der Waals surface area contributed by atoms with Crippen LogP contribution in [0.2, 0.25) is 0 Å². The molecule has 0 aliphatic carbocycles. The third-order valence-electron chi connectivity index (χ3n) is 6.88. The quantitative estimate of drug-likeness (QED) is 0.671. The van der Waals surface area contributed by atoms with E-state index in [0.29, 0.717) is 56.8 Å². The molecule has 1 aromatic carbocycles. The zero-order chi connectivity index (χ0) is 23.1. The normalized spacial score (nSPS) is 22.5. The zero-order valence-corrected chi connectivity index (χ0v) is 18.7. The highest BCUT2D eigenvalue weighted by Gasteiger charge is 2.51. The van der Waals surface area contributed by atoms with Crippen molar-refractivity contribution in [1.29, 1.82) is 0 Å². The Morgan fingerprint density at radius 1 is 1.34 bits per heavy atom. The SMILES string of the molecule is C=C(C)Oc1ccc(C(=O)N2CCC3(CC2)NCCN2C3=CCC2C(F)(F)CC)cc1O. The van der Waals surface area contributed by atoms with Gasteiger partial charge in [-0.15, -0.1) is 0 Å². The first kappa shape index (κ1) is 22.6. The summed E-state index contributed by atoms with van der Waals surface area (Å²) in [7, 11) is 0. The summed E-state index contributed by atoms with van der Waals surface area (Å²) in [6.45, 7) is 9.11. The number of aromatic hydroxyl groups is 1. The molecule has 8 heteroatoms. The molecule has 6 nitrogen and oxygen atoms in total. The van der Waals surface area contributed by atoms with Crippen molar-refractivity contribution in [3.8, 4) is 11.5 Å². The molecule has 3 aliphatic rings. The Morgan fingerprint density at radius 3 is 2.69 bits per heavy atom. The van der Waals surface area contributed by atoms with Crippen molar-refractivity contribution in [3.05, 3.63) is 47.9 Å². The number of nitrogens with zero attached hydrogens (tertiary/aromatic N) is 2. The number of benzene rings is 1. The maximum atomic E-state index is 14.5. The minimum absolute atomic E-state index is 0.115. The predicted molar refractivity (Wildman–Crippen MR) is 118 cm³/mol. The van der Waals surface area contributed by atoms with Crippen molar-refractivity contribution in [2.75, 3.05) is 26.2 Å². The van der Waals surface area contributed by atoms with Gasteiger partial charge in [0.25, 0.3) is 11.8 Å². The van der Waals surface area contributed by atoms with Crippen LogP contribution < -0.4 is 10.1 Å². The molecule has 174 valence electrons. The number of piperidine rings is 1. The van der Waals surface area contributed by atoms with Gasteiger partial charge in [-0.3, -0.25) is 4.79 Å². The van der Waals surface area contributed by atoms with Gasteiger partial charge in [-0.05, 0) is 44.4 Å². The number of nitrogens with one attached hydrogen (secondary N) is 1. The molecule has 0 saturated carbocycles. The number of phenols is 1. The summed E-state index contributed by atoms with van der Waals surface area (Å²) < 4.78 is 34.3. The van der Waals surface area contributed by atoms with Gasteiger partial charge in [0.1, 0.15) is 0 Å². The number of hydrogen-bond donors (Lipinski definition) is 2. The second-order valence-electron chi connectivity index (χ2n) is 8.94. The summed E-state index contributed by atoms with van der Waals surface area (Å²) in [5, 5.41) is 13.8. The molecule has 0 radical (unpaired) electrons. The molecule has 2 N–H and O–H groups in total. The lowest BCUT2D eigenvalue weighted by molar-refractivity contribution is -0.0765. The molecule has 2 fully saturated rings. The number of allylic oxidation sites excluding steroid dienone is 1. The van der Waals surface area contributed by atoms with Crippen molar-refractivity contribution in [1.82, 2.24) is 15.1 Å². The van der Waals surface area contributed by atoms with Crippen LogP contribution in [0, 0.1) is 0 Å². The molecule has 0 aromatic heterocycles. The van der Waals surface area contributed by atoms with Gasteiger partial charge in [-0.2, -0.15) is 0 Å². The summed E-state index contributed by atoms with van der Waals surface area (Å²) >= 11 is 0. The summed E-state index contributed by atoms with van der Waals surface area (Å²) in [6.07, 6.45) is 3.49. The van der Waals surface area contributed by atoms with Gasteiger partial charge in [0.05, 0.1) is 17.3 Å². The van der Waals surface area contributed by atoms with Crippen LogP contribution in [0.1, 0.15) is 49.9 Å². The highest BCUT2D eigenvalue weighted by atomic mass is 19.3. The molecule has 1 amide bonds. The fourth-order valence-electron chi connectivity index (χ4n) is 5.16. The summed E-state index contributed by atoms with van der Waals surface area (Å²) in [6, 6.07) is 3.81. The van der Waals surface area contributed by atoms with Gasteiger partial charge < -0.3 is 25.0 Å². The molecule has 1 unspecified atom stereocenters. The fraction of sp³-hybridized carbons (Fsp3) is 0.542.